The van der Waals surface area contributed by atoms with Crippen LogP contribution in [0.25, 0.3) is 21.9 Å². The van der Waals surface area contributed by atoms with Crippen LogP contribution in [0.15, 0.2) is 60.8 Å². The molecule has 0 saturated heterocycles. The molecule has 1 heterocycles. The Bertz CT molecular complexity index is 713. The van der Waals surface area contributed by atoms with Gasteiger partial charge in [-0.25, -0.2) is 0 Å². The maximum atomic E-state index is 4.53. The number of hydrogen-bond acceptors (Lipinski definition) is 1. The van der Waals surface area contributed by atoms with E-state index in [0.29, 0.717) is 5.92 Å². The van der Waals surface area contributed by atoms with E-state index in [-0.39, 0.29) is 0 Å². The zero-order valence-electron chi connectivity index (χ0n) is 11.3. The Morgan fingerprint density at radius 1 is 0.842 bits per heavy atom. The van der Waals surface area contributed by atoms with E-state index in [4.69, 9.17) is 0 Å². The van der Waals surface area contributed by atoms with Gasteiger partial charge in [-0.05, 0) is 34.4 Å². The number of fused-ring (bicyclic) bond motifs is 1. The van der Waals surface area contributed by atoms with Crippen LogP contribution >= 0.6 is 0 Å². The third-order valence-electron chi connectivity index (χ3n) is 3.45. The van der Waals surface area contributed by atoms with Gasteiger partial charge in [-0.15, -0.1) is 0 Å². The van der Waals surface area contributed by atoms with Gasteiger partial charge in [-0.2, -0.15) is 0 Å². The van der Waals surface area contributed by atoms with E-state index in [1.807, 2.05) is 12.3 Å². The summed E-state index contributed by atoms with van der Waals surface area (Å²) in [7, 11) is 0. The van der Waals surface area contributed by atoms with E-state index in [1.165, 1.54) is 21.9 Å². The van der Waals surface area contributed by atoms with Crippen molar-refractivity contribution in [2.24, 2.45) is 0 Å². The van der Waals surface area contributed by atoms with Crippen LogP contribution in [0, 0.1) is 0 Å². The molecule has 1 aromatic heterocycles. The number of rotatable bonds is 2. The molecule has 94 valence electrons. The van der Waals surface area contributed by atoms with Gasteiger partial charge in [0.15, 0.2) is 0 Å². The molecule has 2 aromatic carbocycles. The van der Waals surface area contributed by atoms with Crippen LogP contribution in [0.3, 0.4) is 0 Å². The minimum atomic E-state index is 0.433. The first kappa shape index (κ1) is 11.9. The summed E-state index contributed by atoms with van der Waals surface area (Å²) in [6.45, 7) is 4.37. The predicted molar refractivity (Wildman–Crippen MR) is 81.3 cm³/mol. The fraction of sp³-hybridized carbons (Fsp3) is 0.167. The van der Waals surface area contributed by atoms with E-state index in [9.17, 15) is 0 Å². The van der Waals surface area contributed by atoms with Crippen molar-refractivity contribution in [1.82, 2.24) is 4.98 Å². The van der Waals surface area contributed by atoms with Crippen molar-refractivity contribution in [2.75, 3.05) is 0 Å². The number of pyridine rings is 1. The molecule has 0 aliphatic rings. The number of benzene rings is 2. The summed E-state index contributed by atoms with van der Waals surface area (Å²) in [5, 5.41) is 2.56. The molecule has 0 bridgehead atoms. The van der Waals surface area contributed by atoms with Crippen LogP contribution in [0.1, 0.15) is 25.5 Å². The first-order valence-corrected chi connectivity index (χ1v) is 6.70. The molecule has 0 amide bonds. The molecule has 0 atom stereocenters. The normalized spacial score (nSPS) is 11.1. The molecule has 19 heavy (non-hydrogen) atoms. The Hall–Kier alpha value is -2.15. The molecule has 1 nitrogen and oxygen atoms in total. The zero-order chi connectivity index (χ0) is 13.2. The van der Waals surface area contributed by atoms with Gasteiger partial charge in [-0.3, -0.25) is 4.98 Å². The summed E-state index contributed by atoms with van der Waals surface area (Å²) in [5.74, 6) is 0.433. The van der Waals surface area contributed by atoms with Crippen LogP contribution in [0.5, 0.6) is 0 Å². The lowest BCUT2D eigenvalue weighted by Gasteiger charge is -2.12. The first-order valence-electron chi connectivity index (χ1n) is 6.70. The molecule has 0 aliphatic carbocycles. The Balaban J connectivity index is 2.19. The molecule has 1 heteroatoms. The van der Waals surface area contributed by atoms with Crippen LogP contribution in [-0.4, -0.2) is 4.98 Å². The second-order valence-electron chi connectivity index (χ2n) is 5.15. The van der Waals surface area contributed by atoms with Gasteiger partial charge < -0.3 is 0 Å². The molecular formula is C18H17N. The second-order valence-corrected chi connectivity index (χ2v) is 5.15. The lowest BCUT2D eigenvalue weighted by Crippen LogP contribution is -1.95. The van der Waals surface area contributed by atoms with Gasteiger partial charge >= 0.3 is 0 Å². The van der Waals surface area contributed by atoms with Crippen LogP contribution in [-0.2, 0) is 0 Å². The maximum absolute atomic E-state index is 4.53. The van der Waals surface area contributed by atoms with Gasteiger partial charge in [0.25, 0.3) is 0 Å². The van der Waals surface area contributed by atoms with Crippen LogP contribution in [0.2, 0.25) is 0 Å². The highest BCUT2D eigenvalue weighted by Crippen LogP contribution is 2.29. The Morgan fingerprint density at radius 2 is 1.63 bits per heavy atom. The number of hydrogen-bond donors (Lipinski definition) is 0. The standard InChI is InChI=1S/C18H17N/c1-13(2)18-17(8-5-11-19-18)16-10-9-14-6-3-4-7-15(14)12-16/h3-13H,1-2H3. The van der Waals surface area contributed by atoms with Crippen molar-refractivity contribution in [3.8, 4) is 11.1 Å². The summed E-state index contributed by atoms with van der Waals surface area (Å²) >= 11 is 0. The molecule has 0 radical (unpaired) electrons. The highest BCUT2D eigenvalue weighted by molar-refractivity contribution is 5.87. The van der Waals surface area contributed by atoms with E-state index < -0.39 is 0 Å². The van der Waals surface area contributed by atoms with Gasteiger partial charge in [0, 0.05) is 11.8 Å². The molecule has 0 N–H and O–H groups in total. The van der Waals surface area contributed by atoms with E-state index in [0.717, 1.165) is 5.69 Å². The molecule has 3 aromatic rings. The topological polar surface area (TPSA) is 12.9 Å². The van der Waals surface area contributed by atoms with Gasteiger partial charge in [0.05, 0.1) is 5.69 Å². The summed E-state index contributed by atoms with van der Waals surface area (Å²) < 4.78 is 0. The Kier molecular flexibility index (Phi) is 3.04. The largest absolute Gasteiger partial charge is 0.260 e. The minimum Gasteiger partial charge on any atom is -0.260 e. The van der Waals surface area contributed by atoms with Crippen LogP contribution in [0.4, 0.5) is 0 Å². The minimum absolute atomic E-state index is 0.433. The fourth-order valence-corrected chi connectivity index (χ4v) is 2.48. The highest BCUT2D eigenvalue weighted by atomic mass is 14.7. The Morgan fingerprint density at radius 3 is 2.42 bits per heavy atom. The van der Waals surface area contributed by atoms with Crippen molar-refractivity contribution in [3.05, 3.63) is 66.5 Å². The van der Waals surface area contributed by atoms with Gasteiger partial charge in [0.2, 0.25) is 0 Å². The van der Waals surface area contributed by atoms with Crippen molar-refractivity contribution < 1.29 is 0 Å². The quantitative estimate of drug-likeness (QED) is 0.619. The predicted octanol–water partition coefficient (Wildman–Crippen LogP) is 5.03. The molecule has 3 rings (SSSR count). The van der Waals surface area contributed by atoms with Crippen molar-refractivity contribution in [3.63, 3.8) is 0 Å². The Labute approximate surface area is 113 Å². The van der Waals surface area contributed by atoms with Crippen molar-refractivity contribution >= 4 is 10.8 Å². The summed E-state index contributed by atoms with van der Waals surface area (Å²) in [6, 6.07) is 19.2. The van der Waals surface area contributed by atoms with Crippen molar-refractivity contribution in [2.45, 2.75) is 19.8 Å². The van der Waals surface area contributed by atoms with Crippen LogP contribution < -0.4 is 0 Å². The second kappa shape index (κ2) is 4.85. The molecule has 0 fully saturated rings. The van der Waals surface area contributed by atoms with E-state index in [2.05, 4.69) is 67.4 Å². The molecule has 0 aliphatic heterocycles. The average Bonchev–Trinajstić information content (AvgIpc) is 2.46. The molecular weight excluding hydrogens is 230 g/mol. The molecule has 0 spiro atoms. The lowest BCUT2D eigenvalue weighted by atomic mass is 9.96. The average molecular weight is 247 g/mol. The molecule has 0 unspecified atom stereocenters. The number of nitrogens with zero attached hydrogens (tertiary/aromatic N) is 1. The van der Waals surface area contributed by atoms with Crippen molar-refractivity contribution in [1.29, 1.82) is 0 Å². The third kappa shape index (κ3) is 2.24. The zero-order valence-corrected chi connectivity index (χ0v) is 11.3. The molecule has 0 saturated carbocycles. The van der Waals surface area contributed by atoms with Gasteiger partial charge in [0.1, 0.15) is 0 Å². The SMILES string of the molecule is CC(C)c1ncccc1-c1ccc2ccccc2c1. The number of aromatic nitrogens is 1. The summed E-state index contributed by atoms with van der Waals surface area (Å²) in [6.07, 6.45) is 1.87. The smallest absolute Gasteiger partial charge is 0.0507 e. The fourth-order valence-electron chi connectivity index (χ4n) is 2.48. The van der Waals surface area contributed by atoms with E-state index >= 15 is 0 Å². The maximum Gasteiger partial charge on any atom is 0.0507 e. The highest BCUT2D eigenvalue weighted by Gasteiger charge is 2.09. The van der Waals surface area contributed by atoms with Gasteiger partial charge in [-0.1, -0.05) is 56.3 Å². The van der Waals surface area contributed by atoms with E-state index in [1.54, 1.807) is 0 Å². The summed E-state index contributed by atoms with van der Waals surface area (Å²) in [4.78, 5) is 4.53. The lowest BCUT2D eigenvalue weighted by molar-refractivity contribution is 0.826. The summed E-state index contributed by atoms with van der Waals surface area (Å²) in [5.41, 5.74) is 3.65. The first-order chi connectivity index (χ1) is 9.25. The monoisotopic (exact) mass is 247 g/mol. The third-order valence-corrected chi connectivity index (χ3v) is 3.45.